The van der Waals surface area contributed by atoms with Crippen LogP contribution in [-0.4, -0.2) is 184 Å². The molecule has 0 spiro atoms. The first-order valence-corrected chi connectivity index (χ1v) is 43.3. The second-order valence-electron chi connectivity index (χ2n) is 34.5. The molecule has 3 aliphatic rings. The van der Waals surface area contributed by atoms with Crippen molar-refractivity contribution in [3.05, 3.63) is 217 Å². The fraction of sp³-hybridized carbons (Fsp3) is 0.459. The maximum Gasteiger partial charge on any atom is 0.407 e. The molecule has 0 saturated heterocycles. The van der Waals surface area contributed by atoms with Crippen molar-refractivity contribution in [1.82, 2.24) is 37.2 Å². The smallest absolute Gasteiger partial charge is 0.407 e. The number of carboxylic acids is 1. The summed E-state index contributed by atoms with van der Waals surface area (Å²) in [5, 5.41) is 27.9. The number of fused-ring (bicyclic) bond motifs is 9. The lowest BCUT2D eigenvalue weighted by Gasteiger charge is -2.20. The number of nitrogens with one attached hydrogen (secondary N) is 7. The molecular weight excluding hydrogens is 1640 g/mol. The fourth-order valence-electron chi connectivity index (χ4n) is 13.9. The zero-order valence-electron chi connectivity index (χ0n) is 75.9. The monoisotopic (exact) mass is 1770 g/mol. The second kappa shape index (κ2) is 52.4. The molecule has 4 atom stereocenters. The quantitative estimate of drug-likeness (QED) is 0.00749. The van der Waals surface area contributed by atoms with Gasteiger partial charge in [0, 0.05) is 43.9 Å². The van der Waals surface area contributed by atoms with E-state index in [9.17, 15) is 57.8 Å². The Morgan fingerprint density at radius 2 is 0.539 bits per heavy atom. The van der Waals surface area contributed by atoms with Crippen molar-refractivity contribution in [3.63, 3.8) is 0 Å². The molecule has 0 radical (unpaired) electrons. The third-order valence-electron chi connectivity index (χ3n) is 19.5. The van der Waals surface area contributed by atoms with Gasteiger partial charge < -0.3 is 95.4 Å². The van der Waals surface area contributed by atoms with Gasteiger partial charge in [-0.05, 0) is 227 Å². The van der Waals surface area contributed by atoms with Crippen LogP contribution in [0.5, 0.6) is 0 Å². The average molecular weight is 1770 g/mol. The molecule has 128 heavy (non-hydrogen) atoms. The number of carboxylic acid groups (broad SMARTS) is 1. The van der Waals surface area contributed by atoms with Gasteiger partial charge in [-0.3, -0.25) is 4.79 Å². The van der Waals surface area contributed by atoms with Gasteiger partial charge in [-0.25, -0.2) is 47.9 Å². The molecule has 10 N–H and O–H groups in total. The van der Waals surface area contributed by atoms with Crippen molar-refractivity contribution in [2.24, 2.45) is 5.73 Å². The predicted molar refractivity (Wildman–Crippen MR) is 487 cm³/mol. The van der Waals surface area contributed by atoms with Crippen LogP contribution in [0.3, 0.4) is 0 Å². The van der Waals surface area contributed by atoms with E-state index < -0.39 is 113 Å². The number of esters is 3. The number of ether oxygens (including phenoxy) is 10. The lowest BCUT2D eigenvalue weighted by Crippen LogP contribution is -2.42. The summed E-state index contributed by atoms with van der Waals surface area (Å²) < 4.78 is 52.4. The van der Waals surface area contributed by atoms with Crippen LogP contribution in [-0.2, 0) is 66.5 Å². The van der Waals surface area contributed by atoms with Crippen LogP contribution < -0.4 is 43.0 Å². The minimum atomic E-state index is -1.13. The molecule has 9 rings (SSSR count). The van der Waals surface area contributed by atoms with Gasteiger partial charge in [-0.1, -0.05) is 184 Å². The Morgan fingerprint density at radius 3 is 0.773 bits per heavy atom. The highest BCUT2D eigenvalue weighted by Crippen LogP contribution is 2.47. The van der Waals surface area contributed by atoms with E-state index in [0.717, 1.165) is 79.6 Å². The van der Waals surface area contributed by atoms with Crippen LogP contribution in [0.25, 0.3) is 33.4 Å². The molecule has 3 aliphatic carbocycles. The highest BCUT2D eigenvalue weighted by atomic mass is 16.6. The molecule has 4 unspecified atom stereocenters. The molecule has 30 heteroatoms. The summed E-state index contributed by atoms with van der Waals surface area (Å²) in [6, 6.07) is 44.9. The molecule has 6 aromatic rings. The standard InChI is InChI=1S/2C29H36N2O6.C26H32N2O6.C14H26N2O4/c2*1-5-18-35-26(32)25(16-10-11-17-30-27(33)37-29(2,3)4)31-28(34)36-19-24-22-14-8-6-12-20(22)21-13-7-9-15-23(21)24;1-26(2,3)34-24(31)27-15-9-8-14-22(23(29)30)28-25(32)33-16-21-19-12-6-4-10-17(19)18-11-5-7-13-20(18)21;1-5-10-19-12(17)11(15)8-6-7-9-16-13(18)20-14(2,3)4/h2*5-9,12-15,24-25H,1,10-11,16-19H2,2-4H3,(H,30,33)(H,31,34);4-7,10-13,21-22H,8-9,14-16H2,1-3H3,(H,27,31)(H,28,32)(H,29,30);5,11H,1,6-10,15H2,2-4H3,(H,16,18). The first kappa shape index (κ1) is 104. The van der Waals surface area contributed by atoms with Gasteiger partial charge in [-0.15, -0.1) is 0 Å². The molecule has 694 valence electrons. The first-order chi connectivity index (χ1) is 60.8. The molecule has 0 heterocycles. The van der Waals surface area contributed by atoms with Crippen LogP contribution in [0.15, 0.2) is 184 Å². The van der Waals surface area contributed by atoms with Crippen molar-refractivity contribution in [2.45, 2.75) is 224 Å². The third-order valence-corrected chi connectivity index (χ3v) is 19.5. The number of carbonyl (C=O) groups is 11. The Kier molecular flexibility index (Phi) is 42.6. The van der Waals surface area contributed by atoms with E-state index in [1.54, 1.807) is 83.1 Å². The van der Waals surface area contributed by atoms with Gasteiger partial charge in [0.05, 0.1) is 0 Å². The molecular formula is C98H130N8O22. The normalized spacial score (nSPS) is 13.0. The number of nitrogens with two attached hydrogens (primary N) is 1. The van der Waals surface area contributed by atoms with Crippen LogP contribution in [0.4, 0.5) is 33.6 Å². The maximum atomic E-state index is 12.7. The number of rotatable bonds is 39. The molecule has 6 aromatic carbocycles. The topological polar surface area (TPSA) is 411 Å². The summed E-state index contributed by atoms with van der Waals surface area (Å²) in [5.74, 6) is -2.94. The zero-order valence-corrected chi connectivity index (χ0v) is 75.9. The number of benzene rings is 6. The van der Waals surface area contributed by atoms with Gasteiger partial charge in [0.2, 0.25) is 0 Å². The Labute approximate surface area is 751 Å². The SMILES string of the molecule is C=CCOC(=O)C(CCCCNC(=O)OC(C)(C)C)NC(=O)OCC1c2ccccc2-c2ccccc21.C=CCOC(=O)C(CCCCNC(=O)OC(C)(C)C)NC(=O)OCC1c2ccccc2-c2ccccc21.C=CCOC(=O)C(N)CCCCNC(=O)OC(C)(C)C.CC(C)(C)OC(=O)NCCCCC(NC(=O)OCC1c2ccccc2-c2ccccc21)C(=O)O. The number of amides is 7. The van der Waals surface area contributed by atoms with Crippen molar-refractivity contribution in [1.29, 1.82) is 0 Å². The van der Waals surface area contributed by atoms with Gasteiger partial charge in [-0.2, -0.15) is 0 Å². The highest BCUT2D eigenvalue weighted by Gasteiger charge is 2.35. The predicted octanol–water partition coefficient (Wildman–Crippen LogP) is 17.0. The summed E-state index contributed by atoms with van der Waals surface area (Å²) >= 11 is 0. The van der Waals surface area contributed by atoms with E-state index in [1.165, 1.54) is 18.2 Å². The molecule has 7 amide bonds. The second-order valence-corrected chi connectivity index (χ2v) is 34.5. The number of unbranched alkanes of at least 4 members (excludes halogenated alkanes) is 4. The number of hydrogen-bond donors (Lipinski definition) is 9. The van der Waals surface area contributed by atoms with Gasteiger partial charge >= 0.3 is 66.5 Å². The van der Waals surface area contributed by atoms with E-state index in [-0.39, 0.29) is 63.8 Å². The van der Waals surface area contributed by atoms with Crippen molar-refractivity contribution in [2.75, 3.05) is 65.8 Å². The number of alkyl carbamates (subject to hydrolysis) is 7. The van der Waals surface area contributed by atoms with E-state index in [4.69, 9.17) is 53.1 Å². The summed E-state index contributed by atoms with van der Waals surface area (Å²) in [6.07, 6.45) is 6.55. The van der Waals surface area contributed by atoms with Crippen LogP contribution in [0.2, 0.25) is 0 Å². The Bertz CT molecular complexity index is 4360. The summed E-state index contributed by atoms with van der Waals surface area (Å²) in [6.45, 7) is 34.3. The van der Waals surface area contributed by atoms with Crippen LogP contribution >= 0.6 is 0 Å². The third kappa shape index (κ3) is 37.1. The molecule has 0 aromatic heterocycles. The molecule has 30 nitrogen and oxygen atoms in total. The summed E-state index contributed by atoms with van der Waals surface area (Å²) in [7, 11) is 0. The van der Waals surface area contributed by atoms with Gasteiger partial charge in [0.15, 0.2) is 0 Å². The summed E-state index contributed by atoms with van der Waals surface area (Å²) in [4.78, 5) is 132. The number of aliphatic carboxylic acids is 1. The van der Waals surface area contributed by atoms with E-state index in [0.29, 0.717) is 84.0 Å². The summed E-state index contributed by atoms with van der Waals surface area (Å²) in [5.41, 5.74) is 16.8. The molecule has 0 aliphatic heterocycles. The number of carbonyl (C=O) groups excluding carboxylic acids is 10. The van der Waals surface area contributed by atoms with Crippen molar-refractivity contribution >= 4 is 66.5 Å². The van der Waals surface area contributed by atoms with Crippen LogP contribution in [0, 0.1) is 0 Å². The number of hydrogen-bond acceptors (Lipinski definition) is 22. The first-order valence-electron chi connectivity index (χ1n) is 43.3. The minimum absolute atomic E-state index is 0.0436. The molecule has 0 bridgehead atoms. The van der Waals surface area contributed by atoms with E-state index in [2.05, 4.69) is 81.2 Å². The van der Waals surface area contributed by atoms with Crippen LogP contribution in [0.1, 0.15) is 211 Å². The van der Waals surface area contributed by atoms with E-state index >= 15 is 0 Å². The zero-order chi connectivity index (χ0) is 94.0. The van der Waals surface area contributed by atoms with Crippen molar-refractivity contribution < 1.29 is 105 Å². The minimum Gasteiger partial charge on any atom is -0.480 e. The fourth-order valence-corrected chi connectivity index (χ4v) is 13.9. The van der Waals surface area contributed by atoms with E-state index in [1.807, 2.05) is 121 Å². The lowest BCUT2D eigenvalue weighted by atomic mass is 9.98. The van der Waals surface area contributed by atoms with Gasteiger partial charge in [0.25, 0.3) is 0 Å². The Balaban J connectivity index is 0.000000269. The van der Waals surface area contributed by atoms with Crippen molar-refractivity contribution in [3.8, 4) is 33.4 Å². The Morgan fingerprint density at radius 1 is 0.320 bits per heavy atom. The molecule has 0 fully saturated rings. The molecule has 0 saturated carbocycles. The lowest BCUT2D eigenvalue weighted by molar-refractivity contribution is -0.145. The van der Waals surface area contributed by atoms with Gasteiger partial charge in [0.1, 0.15) is 86.2 Å². The Hall–Kier alpha value is -12.7. The maximum absolute atomic E-state index is 12.7. The average Bonchev–Trinajstić information content (AvgIpc) is 1.63. The highest BCUT2D eigenvalue weighted by molar-refractivity contribution is 5.85. The largest absolute Gasteiger partial charge is 0.480 e.